The second-order valence-electron chi connectivity index (χ2n) is 8.67. The van der Waals surface area contributed by atoms with Gasteiger partial charge in [-0.2, -0.15) is 4.98 Å². The Bertz CT molecular complexity index is 957. The molecule has 1 aromatic carbocycles. The molecule has 1 saturated heterocycles. The van der Waals surface area contributed by atoms with Gasteiger partial charge in [-0.3, -0.25) is 0 Å². The van der Waals surface area contributed by atoms with Crippen molar-refractivity contribution in [3.05, 3.63) is 59.8 Å². The summed E-state index contributed by atoms with van der Waals surface area (Å²) in [6.07, 6.45) is 5.20. The third kappa shape index (κ3) is 5.37. The van der Waals surface area contributed by atoms with Crippen LogP contribution in [0.25, 0.3) is 5.57 Å². The predicted molar refractivity (Wildman–Crippen MR) is 128 cm³/mol. The average molecular weight is 439 g/mol. The first kappa shape index (κ1) is 23.5. The summed E-state index contributed by atoms with van der Waals surface area (Å²) in [6.45, 7) is 12.5. The Morgan fingerprint density at radius 2 is 2.00 bits per heavy atom. The molecule has 0 spiro atoms. The summed E-state index contributed by atoms with van der Waals surface area (Å²) >= 11 is 0. The van der Waals surface area contributed by atoms with Crippen molar-refractivity contribution in [3.8, 4) is 0 Å². The summed E-state index contributed by atoms with van der Waals surface area (Å²) in [7, 11) is 0. The second kappa shape index (κ2) is 10.5. The number of allylic oxidation sites excluding steroid dienone is 1. The minimum absolute atomic E-state index is 0.228. The highest BCUT2D eigenvalue weighted by molar-refractivity contribution is 6.09. The third-order valence-electron chi connectivity index (χ3n) is 6.30. The van der Waals surface area contributed by atoms with Crippen LogP contribution in [0.4, 0.5) is 6.01 Å². The Kier molecular flexibility index (Phi) is 7.69. The van der Waals surface area contributed by atoms with Gasteiger partial charge in [-0.05, 0) is 42.7 Å². The number of benzene rings is 1. The zero-order chi connectivity index (χ0) is 23.1. The van der Waals surface area contributed by atoms with Crippen molar-refractivity contribution in [2.75, 3.05) is 25.1 Å². The van der Waals surface area contributed by atoms with E-state index < -0.39 is 5.41 Å². The number of nitrogens with zero attached hydrogens (tertiary/aromatic N) is 3. The van der Waals surface area contributed by atoms with Crippen molar-refractivity contribution in [1.29, 1.82) is 0 Å². The van der Waals surface area contributed by atoms with Crippen molar-refractivity contribution in [2.45, 2.75) is 39.0 Å². The van der Waals surface area contributed by atoms with Gasteiger partial charge in [-0.1, -0.05) is 49.8 Å². The van der Waals surface area contributed by atoms with Gasteiger partial charge in [-0.15, -0.1) is 0 Å². The summed E-state index contributed by atoms with van der Waals surface area (Å²) in [5, 5.41) is 7.63. The molecule has 8 nitrogen and oxygen atoms in total. The first-order chi connectivity index (χ1) is 15.3. The lowest BCUT2D eigenvalue weighted by Gasteiger charge is -2.31. The fraction of sp³-hybridized carbons (Fsp3) is 0.458. The van der Waals surface area contributed by atoms with E-state index >= 15 is 0 Å². The van der Waals surface area contributed by atoms with Crippen LogP contribution < -0.4 is 16.8 Å². The molecule has 0 radical (unpaired) electrons. The van der Waals surface area contributed by atoms with Crippen LogP contribution in [0, 0.1) is 11.8 Å². The van der Waals surface area contributed by atoms with Crippen LogP contribution in [-0.2, 0) is 10.2 Å². The number of anilines is 1. The predicted octanol–water partition coefficient (Wildman–Crippen LogP) is 3.67. The maximum Gasteiger partial charge on any atom is 0.321 e. The number of hydrogen-bond donors (Lipinski definition) is 3. The molecule has 0 saturated carbocycles. The minimum atomic E-state index is -0.424. The van der Waals surface area contributed by atoms with Crippen LogP contribution in [0.5, 0.6) is 0 Å². The molecule has 0 aliphatic carbocycles. The summed E-state index contributed by atoms with van der Waals surface area (Å²) < 4.78 is 11.0. The molecule has 1 atom stereocenters. The quantitative estimate of drug-likeness (QED) is 0.510. The molecule has 1 aliphatic rings. The van der Waals surface area contributed by atoms with Crippen LogP contribution in [0.3, 0.4) is 0 Å². The van der Waals surface area contributed by atoms with Crippen molar-refractivity contribution in [3.63, 3.8) is 0 Å². The fourth-order valence-electron chi connectivity index (χ4n) is 3.78. The molecular weight excluding hydrogens is 404 g/mol. The van der Waals surface area contributed by atoms with Gasteiger partial charge in [0.25, 0.3) is 0 Å². The number of rotatable bonds is 9. The van der Waals surface area contributed by atoms with E-state index in [0.717, 1.165) is 49.3 Å². The molecule has 5 N–H and O–H groups in total. The Hall–Kier alpha value is -3.13. The number of aliphatic imine (C=N–C) groups is 1. The number of nitrogens with two attached hydrogens (primary N) is 2. The van der Waals surface area contributed by atoms with Crippen molar-refractivity contribution in [1.82, 2.24) is 10.1 Å². The SMILES string of the molecule is C=C(N)/N=C\C(=C/N)c1ccc(C(C)(c2noc(NCC3CCOCC3)n2)C(C)C)cc1. The average Bonchev–Trinajstić information content (AvgIpc) is 3.28. The Morgan fingerprint density at radius 1 is 1.31 bits per heavy atom. The maximum absolute atomic E-state index is 5.77. The molecule has 32 heavy (non-hydrogen) atoms. The molecule has 172 valence electrons. The lowest BCUT2D eigenvalue weighted by molar-refractivity contribution is 0.0697. The fourth-order valence-corrected chi connectivity index (χ4v) is 3.78. The lowest BCUT2D eigenvalue weighted by Crippen LogP contribution is -2.31. The van der Waals surface area contributed by atoms with Gasteiger partial charge in [0.2, 0.25) is 0 Å². The van der Waals surface area contributed by atoms with E-state index in [9.17, 15) is 0 Å². The minimum Gasteiger partial charge on any atom is -0.404 e. The van der Waals surface area contributed by atoms with Gasteiger partial charge in [0.1, 0.15) is 5.82 Å². The molecule has 3 rings (SSSR count). The van der Waals surface area contributed by atoms with Gasteiger partial charge in [-0.25, -0.2) is 4.99 Å². The van der Waals surface area contributed by atoms with E-state index in [2.05, 4.69) is 54.9 Å². The molecule has 1 unspecified atom stereocenters. The van der Waals surface area contributed by atoms with Crippen LogP contribution in [0.15, 0.2) is 52.4 Å². The molecule has 1 aliphatic heterocycles. The van der Waals surface area contributed by atoms with Crippen LogP contribution in [-0.4, -0.2) is 36.1 Å². The largest absolute Gasteiger partial charge is 0.404 e. The van der Waals surface area contributed by atoms with Crippen LogP contribution in [0.1, 0.15) is 50.6 Å². The van der Waals surface area contributed by atoms with Crippen molar-refractivity contribution < 1.29 is 9.26 Å². The zero-order valence-electron chi connectivity index (χ0n) is 19.2. The van der Waals surface area contributed by atoms with E-state index in [-0.39, 0.29) is 11.7 Å². The van der Waals surface area contributed by atoms with Gasteiger partial charge >= 0.3 is 6.01 Å². The Labute approximate surface area is 189 Å². The van der Waals surface area contributed by atoms with E-state index in [4.69, 9.17) is 25.7 Å². The van der Waals surface area contributed by atoms with Crippen molar-refractivity contribution in [2.24, 2.45) is 28.3 Å². The first-order valence-corrected chi connectivity index (χ1v) is 11.0. The number of aromatic nitrogens is 2. The third-order valence-corrected chi connectivity index (χ3v) is 6.30. The molecule has 2 heterocycles. The van der Waals surface area contributed by atoms with Crippen LogP contribution >= 0.6 is 0 Å². The summed E-state index contributed by atoms with van der Waals surface area (Å²) in [5.41, 5.74) is 13.6. The molecule has 8 heteroatoms. The smallest absolute Gasteiger partial charge is 0.321 e. The first-order valence-electron chi connectivity index (χ1n) is 11.0. The highest BCUT2D eigenvalue weighted by Gasteiger charge is 2.37. The highest BCUT2D eigenvalue weighted by Crippen LogP contribution is 2.38. The number of hydrogen-bond acceptors (Lipinski definition) is 8. The zero-order valence-corrected chi connectivity index (χ0v) is 19.2. The molecule has 1 aromatic heterocycles. The molecule has 0 amide bonds. The topological polar surface area (TPSA) is 125 Å². The monoisotopic (exact) mass is 438 g/mol. The number of nitrogens with one attached hydrogen (secondary N) is 1. The van der Waals surface area contributed by atoms with Gasteiger partial charge in [0, 0.05) is 37.7 Å². The summed E-state index contributed by atoms with van der Waals surface area (Å²) in [4.78, 5) is 8.73. The van der Waals surface area contributed by atoms with Crippen LogP contribution in [0.2, 0.25) is 0 Å². The van der Waals surface area contributed by atoms with Gasteiger partial charge < -0.3 is 26.0 Å². The Morgan fingerprint density at radius 3 is 2.59 bits per heavy atom. The summed E-state index contributed by atoms with van der Waals surface area (Å²) in [5.74, 6) is 1.69. The molecule has 2 aromatic rings. The standard InChI is InChI=1S/C24H34N6O2/c1-16(2)24(4,21-7-5-19(6-8-21)20(13-25)15-27-17(3)26)22-29-23(32-30-22)28-14-18-9-11-31-12-10-18/h5-8,13,15-16,18H,3,9-12,14,25-26H2,1-2,4H3,(H,28,29,30)/b20-13+,27-15-. The maximum atomic E-state index is 5.77. The van der Waals surface area contributed by atoms with E-state index in [1.807, 2.05) is 12.1 Å². The van der Waals surface area contributed by atoms with E-state index in [0.29, 0.717) is 17.8 Å². The van der Waals surface area contributed by atoms with E-state index in [1.54, 1.807) is 6.21 Å². The molecule has 1 fully saturated rings. The van der Waals surface area contributed by atoms with E-state index in [1.165, 1.54) is 6.20 Å². The Balaban J connectivity index is 1.79. The summed E-state index contributed by atoms with van der Waals surface area (Å²) in [6, 6.07) is 8.60. The highest BCUT2D eigenvalue weighted by atomic mass is 16.5. The lowest BCUT2D eigenvalue weighted by atomic mass is 9.72. The molecule has 0 bridgehead atoms. The van der Waals surface area contributed by atoms with Gasteiger partial charge in [0.05, 0.1) is 5.41 Å². The van der Waals surface area contributed by atoms with Gasteiger partial charge in [0.15, 0.2) is 5.82 Å². The van der Waals surface area contributed by atoms with Crippen molar-refractivity contribution >= 4 is 17.8 Å². The molecular formula is C24H34N6O2. The normalized spacial score (nSPS) is 17.6. The number of ether oxygens (including phenoxy) is 1. The second-order valence-corrected chi connectivity index (χ2v) is 8.67.